The maximum atomic E-state index is 12.0. The van der Waals surface area contributed by atoms with Crippen molar-refractivity contribution in [2.24, 2.45) is 0 Å². The SMILES string of the molecule is CC(C)NC(=O)Nc1ccc2nc(-c3ccccc3)c(-c3ccccc3)nc2c1. The zero-order valence-corrected chi connectivity index (χ0v) is 16.4. The van der Waals surface area contributed by atoms with Gasteiger partial charge < -0.3 is 10.6 Å². The maximum Gasteiger partial charge on any atom is 0.319 e. The molecule has 5 heteroatoms. The monoisotopic (exact) mass is 382 g/mol. The number of aromatic nitrogens is 2. The Morgan fingerprint density at radius 3 is 1.86 bits per heavy atom. The fourth-order valence-corrected chi connectivity index (χ4v) is 3.16. The van der Waals surface area contributed by atoms with Crippen molar-refractivity contribution in [2.75, 3.05) is 5.32 Å². The van der Waals surface area contributed by atoms with Gasteiger partial charge in [-0.2, -0.15) is 0 Å². The highest BCUT2D eigenvalue weighted by molar-refractivity contribution is 5.93. The Labute approximate surface area is 169 Å². The maximum absolute atomic E-state index is 12.0. The normalized spacial score (nSPS) is 10.9. The Balaban J connectivity index is 1.82. The Morgan fingerprint density at radius 2 is 1.31 bits per heavy atom. The molecule has 2 N–H and O–H groups in total. The standard InChI is InChI=1S/C24H22N4O/c1-16(2)25-24(29)26-19-13-14-20-21(15-19)28-23(18-11-7-4-8-12-18)22(27-20)17-9-5-3-6-10-17/h3-16H,1-2H3,(H2,25,26,29). The fourth-order valence-electron chi connectivity index (χ4n) is 3.16. The van der Waals surface area contributed by atoms with Crippen molar-refractivity contribution >= 4 is 22.8 Å². The molecule has 0 aliphatic carbocycles. The predicted molar refractivity (Wildman–Crippen MR) is 118 cm³/mol. The Morgan fingerprint density at radius 1 is 0.759 bits per heavy atom. The van der Waals surface area contributed by atoms with Crippen LogP contribution in [0, 0.1) is 0 Å². The molecule has 0 aliphatic heterocycles. The number of carbonyl (C=O) groups is 1. The molecule has 0 atom stereocenters. The Bertz CT molecular complexity index is 1140. The number of nitrogens with zero attached hydrogens (tertiary/aromatic N) is 2. The van der Waals surface area contributed by atoms with E-state index in [0.29, 0.717) is 5.69 Å². The first-order valence-electron chi connectivity index (χ1n) is 9.60. The predicted octanol–water partition coefficient (Wildman–Crippen LogP) is 5.49. The average Bonchev–Trinajstić information content (AvgIpc) is 2.73. The van der Waals surface area contributed by atoms with E-state index in [0.717, 1.165) is 33.5 Å². The largest absolute Gasteiger partial charge is 0.336 e. The van der Waals surface area contributed by atoms with Crippen LogP contribution in [0.25, 0.3) is 33.5 Å². The van der Waals surface area contributed by atoms with Gasteiger partial charge in [-0.05, 0) is 32.0 Å². The zero-order chi connectivity index (χ0) is 20.2. The molecule has 1 aromatic heterocycles. The fraction of sp³-hybridized carbons (Fsp3) is 0.125. The molecule has 4 aromatic rings. The molecular formula is C24H22N4O. The summed E-state index contributed by atoms with van der Waals surface area (Å²) in [7, 11) is 0. The number of hydrogen-bond donors (Lipinski definition) is 2. The number of rotatable bonds is 4. The number of urea groups is 1. The van der Waals surface area contributed by atoms with Crippen molar-refractivity contribution in [2.45, 2.75) is 19.9 Å². The number of amides is 2. The average molecular weight is 382 g/mol. The molecule has 0 bridgehead atoms. The van der Waals surface area contributed by atoms with Gasteiger partial charge in [0.2, 0.25) is 0 Å². The summed E-state index contributed by atoms with van der Waals surface area (Å²) < 4.78 is 0. The van der Waals surface area contributed by atoms with E-state index >= 15 is 0 Å². The van der Waals surface area contributed by atoms with Crippen LogP contribution in [0.5, 0.6) is 0 Å². The molecular weight excluding hydrogens is 360 g/mol. The van der Waals surface area contributed by atoms with Crippen molar-refractivity contribution < 1.29 is 4.79 Å². The van der Waals surface area contributed by atoms with Crippen molar-refractivity contribution in [1.82, 2.24) is 15.3 Å². The van der Waals surface area contributed by atoms with Gasteiger partial charge in [-0.15, -0.1) is 0 Å². The first-order chi connectivity index (χ1) is 14.1. The molecule has 3 aromatic carbocycles. The molecule has 1 heterocycles. The molecule has 2 amide bonds. The number of benzene rings is 3. The molecule has 0 unspecified atom stereocenters. The van der Waals surface area contributed by atoms with Crippen molar-refractivity contribution in [1.29, 1.82) is 0 Å². The summed E-state index contributed by atoms with van der Waals surface area (Å²) in [5.74, 6) is 0. The third-order valence-electron chi connectivity index (χ3n) is 4.44. The second kappa shape index (κ2) is 8.10. The summed E-state index contributed by atoms with van der Waals surface area (Å²) in [5.41, 5.74) is 5.84. The third kappa shape index (κ3) is 4.24. The molecule has 144 valence electrons. The second-order valence-corrected chi connectivity index (χ2v) is 7.11. The molecule has 0 radical (unpaired) electrons. The Hall–Kier alpha value is -3.73. The number of fused-ring (bicyclic) bond motifs is 1. The number of carbonyl (C=O) groups excluding carboxylic acids is 1. The van der Waals surface area contributed by atoms with E-state index in [1.165, 1.54) is 0 Å². The van der Waals surface area contributed by atoms with Crippen molar-refractivity contribution in [3.8, 4) is 22.5 Å². The lowest BCUT2D eigenvalue weighted by molar-refractivity contribution is 0.250. The molecule has 0 fully saturated rings. The van der Waals surface area contributed by atoms with E-state index in [9.17, 15) is 4.79 Å². The summed E-state index contributed by atoms with van der Waals surface area (Å²) in [6.07, 6.45) is 0. The summed E-state index contributed by atoms with van der Waals surface area (Å²) in [5, 5.41) is 5.67. The molecule has 0 spiro atoms. The van der Waals surface area contributed by atoms with E-state index < -0.39 is 0 Å². The first kappa shape index (κ1) is 18.6. The van der Waals surface area contributed by atoms with Gasteiger partial charge in [-0.25, -0.2) is 14.8 Å². The zero-order valence-electron chi connectivity index (χ0n) is 16.4. The topological polar surface area (TPSA) is 66.9 Å². The molecule has 0 aliphatic rings. The van der Waals surface area contributed by atoms with E-state index in [-0.39, 0.29) is 12.1 Å². The molecule has 0 saturated carbocycles. The van der Waals surface area contributed by atoms with Gasteiger partial charge in [-0.1, -0.05) is 60.7 Å². The lowest BCUT2D eigenvalue weighted by Crippen LogP contribution is -2.34. The van der Waals surface area contributed by atoms with E-state index in [2.05, 4.69) is 10.6 Å². The van der Waals surface area contributed by atoms with Crippen molar-refractivity contribution in [3.05, 3.63) is 78.9 Å². The lowest BCUT2D eigenvalue weighted by atomic mass is 10.0. The van der Waals surface area contributed by atoms with Gasteiger partial charge in [0, 0.05) is 22.9 Å². The highest BCUT2D eigenvalue weighted by Gasteiger charge is 2.13. The first-order valence-corrected chi connectivity index (χ1v) is 9.60. The van der Waals surface area contributed by atoms with Crippen molar-refractivity contribution in [3.63, 3.8) is 0 Å². The molecule has 29 heavy (non-hydrogen) atoms. The van der Waals surface area contributed by atoms with Gasteiger partial charge in [0.15, 0.2) is 0 Å². The van der Waals surface area contributed by atoms with Crippen LogP contribution in [-0.2, 0) is 0 Å². The van der Waals surface area contributed by atoms with Gasteiger partial charge >= 0.3 is 6.03 Å². The molecule has 4 rings (SSSR count). The van der Waals surface area contributed by atoms with Gasteiger partial charge in [0.1, 0.15) is 0 Å². The summed E-state index contributed by atoms with van der Waals surface area (Å²) in [4.78, 5) is 21.8. The minimum Gasteiger partial charge on any atom is -0.336 e. The van der Waals surface area contributed by atoms with Crippen LogP contribution in [0.2, 0.25) is 0 Å². The van der Waals surface area contributed by atoms with Crippen LogP contribution in [-0.4, -0.2) is 22.0 Å². The summed E-state index contributed by atoms with van der Waals surface area (Å²) in [6, 6.07) is 25.5. The quantitative estimate of drug-likeness (QED) is 0.490. The second-order valence-electron chi connectivity index (χ2n) is 7.11. The van der Waals surface area contributed by atoms with E-state index in [4.69, 9.17) is 9.97 Å². The highest BCUT2D eigenvalue weighted by atomic mass is 16.2. The number of anilines is 1. The van der Waals surface area contributed by atoms with Crippen LogP contribution in [0.3, 0.4) is 0 Å². The van der Waals surface area contributed by atoms with Gasteiger partial charge in [0.25, 0.3) is 0 Å². The van der Waals surface area contributed by atoms with Crippen LogP contribution >= 0.6 is 0 Å². The van der Waals surface area contributed by atoms with Crippen LogP contribution < -0.4 is 10.6 Å². The van der Waals surface area contributed by atoms with Crippen LogP contribution in [0.15, 0.2) is 78.9 Å². The van der Waals surface area contributed by atoms with Crippen LogP contribution in [0.4, 0.5) is 10.5 Å². The highest BCUT2D eigenvalue weighted by Crippen LogP contribution is 2.31. The van der Waals surface area contributed by atoms with E-state index in [1.807, 2.05) is 92.7 Å². The third-order valence-corrected chi connectivity index (χ3v) is 4.44. The van der Waals surface area contributed by atoms with Crippen LogP contribution in [0.1, 0.15) is 13.8 Å². The number of nitrogens with one attached hydrogen (secondary N) is 2. The number of hydrogen-bond acceptors (Lipinski definition) is 3. The Kier molecular flexibility index (Phi) is 5.20. The minimum atomic E-state index is -0.239. The summed E-state index contributed by atoms with van der Waals surface area (Å²) in [6.45, 7) is 3.84. The van der Waals surface area contributed by atoms with Gasteiger partial charge in [0.05, 0.1) is 22.4 Å². The summed E-state index contributed by atoms with van der Waals surface area (Å²) >= 11 is 0. The smallest absolute Gasteiger partial charge is 0.319 e. The molecule has 0 saturated heterocycles. The van der Waals surface area contributed by atoms with E-state index in [1.54, 1.807) is 0 Å². The van der Waals surface area contributed by atoms with Gasteiger partial charge in [-0.3, -0.25) is 0 Å². The molecule has 5 nitrogen and oxygen atoms in total. The minimum absolute atomic E-state index is 0.0633. The lowest BCUT2D eigenvalue weighted by Gasteiger charge is -2.13.